The van der Waals surface area contributed by atoms with Crippen molar-refractivity contribution in [2.45, 2.75) is 102 Å². The molecule has 0 aliphatic carbocycles. The van der Waals surface area contributed by atoms with E-state index in [1.54, 1.807) is 0 Å². The molecule has 2 aliphatic rings. The third-order valence-corrected chi connectivity index (χ3v) is 6.76. The number of piperidine rings is 1. The minimum absolute atomic E-state index is 0.191. The van der Waals surface area contributed by atoms with Gasteiger partial charge in [-0.3, -0.25) is 5.32 Å². The number of rotatable bonds is 3. The van der Waals surface area contributed by atoms with Crippen molar-refractivity contribution in [1.82, 2.24) is 15.4 Å². The van der Waals surface area contributed by atoms with Crippen LogP contribution in [-0.2, 0) is 10.4 Å². The fourth-order valence-electron chi connectivity index (χ4n) is 4.66. The lowest BCUT2D eigenvalue weighted by atomic mass is 9.73. The molecule has 6 nitrogen and oxygen atoms in total. The molecular formula is C18H36N4O2. The van der Waals surface area contributed by atoms with Crippen molar-refractivity contribution in [1.29, 1.82) is 0 Å². The van der Waals surface area contributed by atoms with E-state index in [2.05, 4.69) is 5.32 Å². The van der Waals surface area contributed by atoms with Crippen molar-refractivity contribution in [3.63, 3.8) is 0 Å². The summed E-state index contributed by atoms with van der Waals surface area (Å²) in [7, 11) is 0. The van der Waals surface area contributed by atoms with Gasteiger partial charge in [-0.15, -0.1) is 20.5 Å². The highest BCUT2D eigenvalue weighted by molar-refractivity contribution is 5.10. The average Bonchev–Trinajstić information content (AvgIpc) is 2.60. The van der Waals surface area contributed by atoms with Gasteiger partial charge >= 0.3 is 0 Å². The zero-order valence-electron chi connectivity index (χ0n) is 16.7. The van der Waals surface area contributed by atoms with Crippen molar-refractivity contribution < 1.29 is 10.4 Å². The SMILES string of the molecule is CC1(C)CC(CNC2(N)CCC(C)(C)N([O])C2(C)C)C(C)(C)N1[O]. The van der Waals surface area contributed by atoms with Gasteiger partial charge in [-0.2, -0.15) is 0 Å². The first-order chi connectivity index (χ1) is 10.6. The molecule has 2 atom stereocenters. The van der Waals surface area contributed by atoms with Crippen LogP contribution in [0.1, 0.15) is 74.7 Å². The Bertz CT molecular complexity index is 489. The van der Waals surface area contributed by atoms with E-state index >= 15 is 0 Å². The van der Waals surface area contributed by atoms with Crippen LogP contribution in [-0.4, -0.2) is 44.5 Å². The van der Waals surface area contributed by atoms with E-state index in [1.807, 2.05) is 55.4 Å². The van der Waals surface area contributed by atoms with Gasteiger partial charge in [-0.25, -0.2) is 0 Å². The van der Waals surface area contributed by atoms with Crippen molar-refractivity contribution in [2.75, 3.05) is 6.54 Å². The van der Waals surface area contributed by atoms with Crippen LogP contribution in [0.4, 0.5) is 0 Å². The molecule has 6 heteroatoms. The molecule has 0 aromatic heterocycles. The lowest BCUT2D eigenvalue weighted by Crippen LogP contribution is -2.77. The monoisotopic (exact) mass is 340 g/mol. The lowest BCUT2D eigenvalue weighted by Gasteiger charge is -2.57. The van der Waals surface area contributed by atoms with Crippen LogP contribution < -0.4 is 11.1 Å². The average molecular weight is 341 g/mol. The van der Waals surface area contributed by atoms with Crippen LogP contribution in [0.2, 0.25) is 0 Å². The van der Waals surface area contributed by atoms with Crippen molar-refractivity contribution in [3.8, 4) is 0 Å². The van der Waals surface area contributed by atoms with E-state index < -0.39 is 22.3 Å². The standard InChI is InChI=1S/C18H36N4O2/c1-14(2)9-10-18(19,17(7,8)22(14)24)20-12-13-11-15(3,4)21(23)16(13,5)6/h13,20H,9-12,19H2,1-8H3. The van der Waals surface area contributed by atoms with E-state index in [9.17, 15) is 10.4 Å². The number of hydroxylamine groups is 4. The van der Waals surface area contributed by atoms with E-state index in [0.29, 0.717) is 6.54 Å². The second kappa shape index (κ2) is 5.63. The van der Waals surface area contributed by atoms with Crippen molar-refractivity contribution >= 4 is 0 Å². The summed E-state index contributed by atoms with van der Waals surface area (Å²) in [6.07, 6.45) is 2.31. The van der Waals surface area contributed by atoms with Gasteiger partial charge in [0.25, 0.3) is 0 Å². The van der Waals surface area contributed by atoms with E-state index in [1.165, 1.54) is 5.06 Å². The Morgan fingerprint density at radius 3 is 1.92 bits per heavy atom. The maximum Gasteiger partial charge on any atom is 0.0871 e. The Balaban J connectivity index is 2.14. The molecule has 0 bridgehead atoms. The number of hydrogen-bond donors (Lipinski definition) is 2. The van der Waals surface area contributed by atoms with Gasteiger partial charge < -0.3 is 5.73 Å². The highest BCUT2D eigenvalue weighted by Gasteiger charge is 2.57. The molecule has 0 amide bonds. The van der Waals surface area contributed by atoms with Gasteiger partial charge in [0.1, 0.15) is 0 Å². The van der Waals surface area contributed by atoms with E-state index in [-0.39, 0.29) is 11.5 Å². The summed E-state index contributed by atoms with van der Waals surface area (Å²) < 4.78 is 0. The first-order valence-corrected chi connectivity index (χ1v) is 9.07. The van der Waals surface area contributed by atoms with E-state index in [0.717, 1.165) is 24.3 Å². The van der Waals surface area contributed by atoms with Crippen LogP contribution in [0.5, 0.6) is 0 Å². The molecule has 2 heterocycles. The summed E-state index contributed by atoms with van der Waals surface area (Å²) in [5, 5.41) is 31.2. The third-order valence-electron chi connectivity index (χ3n) is 6.76. The maximum absolute atomic E-state index is 12.8. The molecule has 2 fully saturated rings. The van der Waals surface area contributed by atoms with Crippen LogP contribution >= 0.6 is 0 Å². The zero-order chi connectivity index (χ0) is 18.8. The summed E-state index contributed by atoms with van der Waals surface area (Å²) in [6.45, 7) is 16.4. The maximum atomic E-state index is 12.8. The molecule has 2 radical (unpaired) electrons. The molecule has 2 aliphatic heterocycles. The van der Waals surface area contributed by atoms with Crippen LogP contribution in [0.3, 0.4) is 0 Å². The van der Waals surface area contributed by atoms with Crippen LogP contribution in [0.15, 0.2) is 0 Å². The van der Waals surface area contributed by atoms with Gasteiger partial charge in [0, 0.05) is 23.2 Å². The summed E-state index contributed by atoms with van der Waals surface area (Å²) >= 11 is 0. The highest BCUT2D eigenvalue weighted by Crippen LogP contribution is 2.45. The molecule has 0 aromatic carbocycles. The first kappa shape index (κ1) is 20.1. The zero-order valence-corrected chi connectivity index (χ0v) is 16.7. The van der Waals surface area contributed by atoms with E-state index in [4.69, 9.17) is 5.73 Å². The van der Waals surface area contributed by atoms with Crippen molar-refractivity contribution in [3.05, 3.63) is 0 Å². The molecule has 3 N–H and O–H groups in total. The molecule has 0 spiro atoms. The molecule has 24 heavy (non-hydrogen) atoms. The summed E-state index contributed by atoms with van der Waals surface area (Å²) in [4.78, 5) is 0. The van der Waals surface area contributed by atoms with Crippen LogP contribution in [0.25, 0.3) is 0 Å². The largest absolute Gasteiger partial charge is 0.312 e. The summed E-state index contributed by atoms with van der Waals surface area (Å²) in [5.74, 6) is 0.191. The predicted molar refractivity (Wildman–Crippen MR) is 93.6 cm³/mol. The Kier molecular flexibility index (Phi) is 4.71. The quantitative estimate of drug-likeness (QED) is 0.773. The topological polar surface area (TPSA) is 84.3 Å². The Hall–Kier alpha value is -0.240. The molecule has 2 saturated heterocycles. The minimum atomic E-state index is -0.763. The van der Waals surface area contributed by atoms with Gasteiger partial charge in [0.05, 0.1) is 11.2 Å². The summed E-state index contributed by atoms with van der Waals surface area (Å²) in [5.41, 5.74) is 3.97. The highest BCUT2D eigenvalue weighted by atomic mass is 16.5. The Labute approximate surface area is 147 Å². The Morgan fingerprint density at radius 1 is 0.917 bits per heavy atom. The second-order valence-electron chi connectivity index (χ2n) is 10.2. The van der Waals surface area contributed by atoms with Gasteiger partial charge in [-0.05, 0) is 80.6 Å². The number of hydrogen-bond acceptors (Lipinski definition) is 4. The number of nitrogens with two attached hydrogens (primary N) is 1. The molecule has 2 rings (SSSR count). The molecule has 0 saturated carbocycles. The summed E-state index contributed by atoms with van der Waals surface area (Å²) in [6, 6.07) is 0. The minimum Gasteiger partial charge on any atom is -0.312 e. The lowest BCUT2D eigenvalue weighted by molar-refractivity contribution is -0.308. The fourth-order valence-corrected chi connectivity index (χ4v) is 4.66. The normalized spacial score (nSPS) is 38.4. The molecular weight excluding hydrogens is 304 g/mol. The smallest absolute Gasteiger partial charge is 0.0871 e. The van der Waals surface area contributed by atoms with Gasteiger partial charge in [-0.1, -0.05) is 0 Å². The number of nitrogens with one attached hydrogen (secondary N) is 1. The van der Waals surface area contributed by atoms with Gasteiger partial charge in [0.15, 0.2) is 0 Å². The van der Waals surface area contributed by atoms with Crippen LogP contribution in [0, 0.1) is 5.92 Å². The van der Waals surface area contributed by atoms with Crippen molar-refractivity contribution in [2.24, 2.45) is 11.7 Å². The predicted octanol–water partition coefficient (Wildman–Crippen LogP) is 2.45. The first-order valence-electron chi connectivity index (χ1n) is 9.07. The molecule has 140 valence electrons. The Morgan fingerprint density at radius 2 is 1.46 bits per heavy atom. The second-order valence-corrected chi connectivity index (χ2v) is 10.2. The third kappa shape index (κ3) is 2.91. The molecule has 2 unspecified atom stereocenters. The van der Waals surface area contributed by atoms with Gasteiger partial charge in [0.2, 0.25) is 0 Å². The molecule has 0 aromatic rings. The fraction of sp³-hybridized carbons (Fsp3) is 1.00. The number of nitrogens with zero attached hydrogens (tertiary/aromatic N) is 2.